The third-order valence-electron chi connectivity index (χ3n) is 2.60. The number of benzene rings is 1. The molecule has 2 N–H and O–H groups in total. The first-order valence-electron chi connectivity index (χ1n) is 4.88. The van der Waals surface area contributed by atoms with E-state index in [-0.39, 0.29) is 12.4 Å². The molecule has 0 aliphatic rings. The first-order valence-corrected chi connectivity index (χ1v) is 5.26. The van der Waals surface area contributed by atoms with Crippen LogP contribution in [-0.4, -0.2) is 19.6 Å². The van der Waals surface area contributed by atoms with E-state index in [2.05, 4.69) is 9.97 Å². The second kappa shape index (κ2) is 4.44. The van der Waals surface area contributed by atoms with Crippen molar-refractivity contribution in [2.24, 2.45) is 0 Å². The minimum Gasteiger partial charge on any atom is -0.382 e. The topological polar surface area (TPSA) is 73.3 Å². The molecule has 2 heterocycles. The monoisotopic (exact) mass is 282 g/mol. The number of rotatable bonds is 1. The summed E-state index contributed by atoms with van der Waals surface area (Å²) in [5, 5.41) is -0.503. The normalized spacial score (nSPS) is 10.5. The quantitative estimate of drug-likeness (QED) is 0.695. The van der Waals surface area contributed by atoms with Crippen molar-refractivity contribution < 1.29 is 4.79 Å². The lowest BCUT2D eigenvalue weighted by Gasteiger charge is -2.05. The van der Waals surface area contributed by atoms with Crippen LogP contribution in [0.3, 0.4) is 0 Å². The highest BCUT2D eigenvalue weighted by atomic mass is 35.5. The zero-order valence-corrected chi connectivity index (χ0v) is 10.6. The van der Waals surface area contributed by atoms with Gasteiger partial charge < -0.3 is 5.73 Å². The minimum atomic E-state index is -0.503. The Morgan fingerprint density at radius 3 is 2.83 bits per heavy atom. The molecule has 0 aliphatic carbocycles. The van der Waals surface area contributed by atoms with Gasteiger partial charge in [0.2, 0.25) is 0 Å². The van der Waals surface area contributed by atoms with Gasteiger partial charge in [-0.1, -0.05) is 0 Å². The van der Waals surface area contributed by atoms with Gasteiger partial charge in [-0.2, -0.15) is 0 Å². The van der Waals surface area contributed by atoms with E-state index in [0.29, 0.717) is 22.4 Å². The van der Waals surface area contributed by atoms with E-state index in [1.165, 1.54) is 0 Å². The molecule has 0 fully saturated rings. The van der Waals surface area contributed by atoms with Gasteiger partial charge >= 0.3 is 0 Å². The lowest BCUT2D eigenvalue weighted by atomic mass is 10.2. The number of nitrogens with two attached hydrogens (primary N) is 1. The van der Waals surface area contributed by atoms with Gasteiger partial charge in [-0.05, 0) is 29.8 Å². The molecule has 7 heteroatoms. The first kappa shape index (κ1) is 12.6. The molecule has 0 unspecified atom stereocenters. The van der Waals surface area contributed by atoms with Crippen LogP contribution in [0.15, 0.2) is 30.7 Å². The third-order valence-corrected chi connectivity index (χ3v) is 2.82. The standard InChI is InChI=1S/C11H7ClN4O.ClH/c12-10(17)6-1-2-7-8(3-6)16-5-14-4-9(16)11(13)15-7;/h1-5H,(H2,13,15);1H. The summed E-state index contributed by atoms with van der Waals surface area (Å²) in [6.45, 7) is 0. The molecule has 3 rings (SSSR count). The molecule has 0 spiro atoms. The number of imidazole rings is 1. The van der Waals surface area contributed by atoms with Crippen molar-refractivity contribution in [2.45, 2.75) is 0 Å². The van der Waals surface area contributed by atoms with Crippen molar-refractivity contribution in [1.82, 2.24) is 14.4 Å². The van der Waals surface area contributed by atoms with E-state index in [0.717, 1.165) is 5.52 Å². The number of carbonyl (C=O) groups excluding carboxylic acids is 1. The highest BCUT2D eigenvalue weighted by Gasteiger charge is 2.09. The van der Waals surface area contributed by atoms with Gasteiger partial charge in [0.05, 0.1) is 23.6 Å². The largest absolute Gasteiger partial charge is 0.382 e. The highest BCUT2D eigenvalue weighted by Crippen LogP contribution is 2.21. The van der Waals surface area contributed by atoms with Crippen LogP contribution in [0, 0.1) is 0 Å². The average molecular weight is 283 g/mol. The van der Waals surface area contributed by atoms with Crippen LogP contribution < -0.4 is 5.73 Å². The molecule has 92 valence electrons. The fraction of sp³-hybridized carbons (Fsp3) is 0. The number of carbonyl (C=O) groups is 1. The third kappa shape index (κ3) is 1.77. The van der Waals surface area contributed by atoms with E-state index in [9.17, 15) is 4.79 Å². The van der Waals surface area contributed by atoms with Gasteiger partial charge in [-0.3, -0.25) is 9.20 Å². The Bertz CT molecular complexity index is 753. The Balaban J connectivity index is 0.00000120. The predicted molar refractivity (Wildman–Crippen MR) is 72.3 cm³/mol. The second-order valence-corrected chi connectivity index (χ2v) is 3.97. The maximum absolute atomic E-state index is 11.1. The second-order valence-electron chi connectivity index (χ2n) is 3.62. The van der Waals surface area contributed by atoms with Crippen LogP contribution in [0.5, 0.6) is 0 Å². The predicted octanol–water partition coefficient (Wildman–Crippen LogP) is 2.27. The van der Waals surface area contributed by atoms with Gasteiger partial charge in [0.25, 0.3) is 5.24 Å². The number of fused-ring (bicyclic) bond motifs is 3. The number of aromatic nitrogens is 3. The van der Waals surface area contributed by atoms with E-state index in [4.69, 9.17) is 17.3 Å². The van der Waals surface area contributed by atoms with E-state index in [1.54, 1.807) is 35.1 Å². The summed E-state index contributed by atoms with van der Waals surface area (Å²) in [7, 11) is 0. The number of nitrogens with zero attached hydrogens (tertiary/aromatic N) is 3. The number of halogens is 2. The van der Waals surface area contributed by atoms with Gasteiger partial charge in [0.15, 0.2) is 0 Å². The Labute approximate surface area is 113 Å². The lowest BCUT2D eigenvalue weighted by Crippen LogP contribution is -1.99. The van der Waals surface area contributed by atoms with Crippen LogP contribution in [0.1, 0.15) is 10.4 Å². The van der Waals surface area contributed by atoms with Crippen LogP contribution in [0.4, 0.5) is 5.82 Å². The summed E-state index contributed by atoms with van der Waals surface area (Å²) in [5.41, 5.74) is 8.36. The Hall–Kier alpha value is -1.85. The SMILES string of the molecule is Cl.Nc1nc2ccc(C(=O)Cl)cc2n2cncc12. The number of hydrogen-bond donors (Lipinski definition) is 1. The molecule has 0 saturated heterocycles. The van der Waals surface area contributed by atoms with Crippen molar-refractivity contribution in [2.75, 3.05) is 5.73 Å². The maximum Gasteiger partial charge on any atom is 0.252 e. The summed E-state index contributed by atoms with van der Waals surface area (Å²) in [6.07, 6.45) is 3.25. The molecule has 0 bridgehead atoms. The maximum atomic E-state index is 11.1. The number of nitrogen functional groups attached to an aromatic ring is 1. The van der Waals surface area contributed by atoms with Gasteiger partial charge in [-0.15, -0.1) is 12.4 Å². The zero-order valence-electron chi connectivity index (χ0n) is 9.00. The van der Waals surface area contributed by atoms with Crippen molar-refractivity contribution in [3.05, 3.63) is 36.3 Å². The van der Waals surface area contributed by atoms with Gasteiger partial charge in [-0.25, -0.2) is 9.97 Å². The summed E-state index contributed by atoms with van der Waals surface area (Å²) in [5.74, 6) is 0.403. The van der Waals surface area contributed by atoms with Crippen LogP contribution in [-0.2, 0) is 0 Å². The molecule has 3 aromatic rings. The molecular weight excluding hydrogens is 275 g/mol. The Morgan fingerprint density at radius 1 is 1.33 bits per heavy atom. The van der Waals surface area contributed by atoms with Crippen molar-refractivity contribution >= 4 is 51.6 Å². The summed E-state index contributed by atoms with van der Waals surface area (Å²) in [6, 6.07) is 5.00. The van der Waals surface area contributed by atoms with E-state index in [1.807, 2.05) is 0 Å². The smallest absolute Gasteiger partial charge is 0.252 e. The molecule has 5 nitrogen and oxygen atoms in total. The van der Waals surface area contributed by atoms with Crippen molar-refractivity contribution in [3.63, 3.8) is 0 Å². The fourth-order valence-electron chi connectivity index (χ4n) is 1.80. The highest BCUT2D eigenvalue weighted by molar-refractivity contribution is 6.67. The minimum absolute atomic E-state index is 0. The van der Waals surface area contributed by atoms with E-state index < -0.39 is 5.24 Å². The van der Waals surface area contributed by atoms with Crippen LogP contribution in [0.25, 0.3) is 16.6 Å². The molecular formula is C11H8Cl2N4O. The number of hydrogen-bond acceptors (Lipinski definition) is 4. The van der Waals surface area contributed by atoms with Gasteiger partial charge in [0, 0.05) is 5.56 Å². The lowest BCUT2D eigenvalue weighted by molar-refractivity contribution is 0.108. The Morgan fingerprint density at radius 2 is 2.11 bits per heavy atom. The average Bonchev–Trinajstić information content (AvgIpc) is 2.78. The summed E-state index contributed by atoms with van der Waals surface area (Å²) in [4.78, 5) is 19.4. The molecule has 0 atom stereocenters. The molecule has 2 aromatic heterocycles. The summed E-state index contributed by atoms with van der Waals surface area (Å²) < 4.78 is 1.78. The Kier molecular flexibility index (Phi) is 3.11. The zero-order chi connectivity index (χ0) is 12.0. The van der Waals surface area contributed by atoms with Gasteiger partial charge in [0.1, 0.15) is 11.3 Å². The van der Waals surface area contributed by atoms with Crippen molar-refractivity contribution in [3.8, 4) is 0 Å². The molecule has 0 aliphatic heterocycles. The summed E-state index contributed by atoms with van der Waals surface area (Å²) >= 11 is 5.45. The van der Waals surface area contributed by atoms with Crippen LogP contribution >= 0.6 is 24.0 Å². The molecule has 1 aromatic carbocycles. The van der Waals surface area contributed by atoms with Crippen LogP contribution in [0.2, 0.25) is 0 Å². The molecule has 0 radical (unpaired) electrons. The molecule has 18 heavy (non-hydrogen) atoms. The molecule has 0 saturated carbocycles. The number of anilines is 1. The fourth-order valence-corrected chi connectivity index (χ4v) is 1.91. The van der Waals surface area contributed by atoms with E-state index >= 15 is 0 Å². The molecule has 0 amide bonds. The first-order chi connectivity index (χ1) is 8.16. The van der Waals surface area contributed by atoms with Crippen molar-refractivity contribution in [1.29, 1.82) is 0 Å².